The van der Waals surface area contributed by atoms with Gasteiger partial charge >= 0.3 is 11.9 Å². The molecule has 0 spiro atoms. The minimum absolute atomic E-state index is 0.0619. The third-order valence-electron chi connectivity index (χ3n) is 6.49. The Kier molecular flexibility index (Phi) is 13.8. The molecule has 0 radical (unpaired) electrons. The number of carboxylic acids is 1. The van der Waals surface area contributed by atoms with Gasteiger partial charge in [-0.05, 0) is 30.7 Å². The van der Waals surface area contributed by atoms with Crippen LogP contribution in [0.15, 0.2) is 30.3 Å². The molecule has 0 aromatic heterocycles. The molecular weight excluding hydrogens is 462 g/mol. The predicted molar refractivity (Wildman–Crippen MR) is 138 cm³/mol. The van der Waals surface area contributed by atoms with Crippen LogP contribution in [0.2, 0.25) is 0 Å². The molecule has 0 saturated heterocycles. The van der Waals surface area contributed by atoms with Crippen LogP contribution >= 0.6 is 0 Å². The number of aliphatic carboxylic acids is 1. The van der Waals surface area contributed by atoms with E-state index < -0.39 is 48.0 Å². The van der Waals surface area contributed by atoms with E-state index in [9.17, 15) is 19.2 Å². The summed E-state index contributed by atoms with van der Waals surface area (Å²) in [5.41, 5.74) is 6.86. The van der Waals surface area contributed by atoms with Crippen molar-refractivity contribution in [3.8, 4) is 0 Å². The van der Waals surface area contributed by atoms with Crippen LogP contribution in [0.4, 0.5) is 0 Å². The number of hydrogen-bond acceptors (Lipinski definition) is 6. The van der Waals surface area contributed by atoms with Crippen molar-refractivity contribution >= 4 is 23.8 Å². The molecule has 0 aliphatic heterocycles. The molecule has 0 bridgehead atoms. The topological polar surface area (TPSA) is 148 Å². The highest BCUT2D eigenvalue weighted by molar-refractivity contribution is 5.90. The molecule has 36 heavy (non-hydrogen) atoms. The van der Waals surface area contributed by atoms with Crippen molar-refractivity contribution in [3.05, 3.63) is 35.9 Å². The lowest BCUT2D eigenvalue weighted by Crippen LogP contribution is -2.52. The molecule has 0 saturated carbocycles. The maximum atomic E-state index is 13.1. The molecule has 0 heterocycles. The lowest BCUT2D eigenvalue weighted by molar-refractivity contribution is -0.156. The van der Waals surface area contributed by atoms with Crippen molar-refractivity contribution in [1.82, 2.24) is 10.6 Å². The summed E-state index contributed by atoms with van der Waals surface area (Å²) in [6.45, 7) is 9.16. The van der Waals surface area contributed by atoms with Crippen molar-refractivity contribution < 1.29 is 29.0 Å². The van der Waals surface area contributed by atoms with Crippen LogP contribution in [0.3, 0.4) is 0 Å². The van der Waals surface area contributed by atoms with E-state index in [4.69, 9.17) is 15.6 Å². The number of hydrogen-bond donors (Lipinski definition) is 4. The molecule has 2 amide bonds. The van der Waals surface area contributed by atoms with Crippen molar-refractivity contribution in [2.75, 3.05) is 0 Å². The van der Waals surface area contributed by atoms with Gasteiger partial charge in [-0.3, -0.25) is 19.2 Å². The Balaban J connectivity index is 3.02. The largest absolute Gasteiger partial charge is 0.480 e. The summed E-state index contributed by atoms with van der Waals surface area (Å²) in [4.78, 5) is 49.8. The third-order valence-corrected chi connectivity index (χ3v) is 6.49. The highest BCUT2D eigenvalue weighted by Gasteiger charge is 2.31. The monoisotopic (exact) mass is 505 g/mol. The number of benzene rings is 1. The second-order valence-electron chi connectivity index (χ2n) is 9.59. The molecule has 1 rings (SSSR count). The number of ether oxygens (including phenoxy) is 1. The van der Waals surface area contributed by atoms with Gasteiger partial charge in [0.2, 0.25) is 11.8 Å². The van der Waals surface area contributed by atoms with Crippen LogP contribution in [-0.4, -0.2) is 53.1 Å². The first-order valence-electron chi connectivity index (χ1n) is 12.8. The van der Waals surface area contributed by atoms with E-state index in [1.54, 1.807) is 0 Å². The molecule has 9 nitrogen and oxygen atoms in total. The minimum atomic E-state index is -1.18. The van der Waals surface area contributed by atoms with E-state index in [1.807, 2.05) is 51.1 Å². The second-order valence-corrected chi connectivity index (χ2v) is 9.59. The summed E-state index contributed by atoms with van der Waals surface area (Å²) in [6.07, 6.45) is 2.72. The number of rotatable bonds is 16. The Morgan fingerprint density at radius 2 is 1.64 bits per heavy atom. The third kappa shape index (κ3) is 10.8. The van der Waals surface area contributed by atoms with E-state index in [1.165, 1.54) is 6.92 Å². The summed E-state index contributed by atoms with van der Waals surface area (Å²) >= 11 is 0. The molecule has 5 N–H and O–H groups in total. The van der Waals surface area contributed by atoms with Crippen LogP contribution in [-0.2, 0) is 30.3 Å². The predicted octanol–water partition coefficient (Wildman–Crippen LogP) is 2.80. The Morgan fingerprint density at radius 1 is 1.00 bits per heavy atom. The van der Waals surface area contributed by atoms with Crippen LogP contribution < -0.4 is 16.4 Å². The second kappa shape index (κ2) is 15.9. The van der Waals surface area contributed by atoms with Gasteiger partial charge in [-0.25, -0.2) is 0 Å². The average molecular weight is 506 g/mol. The van der Waals surface area contributed by atoms with Gasteiger partial charge in [0.25, 0.3) is 0 Å². The zero-order valence-corrected chi connectivity index (χ0v) is 22.2. The van der Waals surface area contributed by atoms with Gasteiger partial charge in [-0.15, -0.1) is 0 Å². The lowest BCUT2D eigenvalue weighted by atomic mass is 9.94. The maximum absolute atomic E-state index is 13.1. The van der Waals surface area contributed by atoms with Gasteiger partial charge in [0.05, 0.1) is 6.42 Å². The van der Waals surface area contributed by atoms with Crippen molar-refractivity contribution in [2.24, 2.45) is 17.6 Å². The molecule has 202 valence electrons. The highest BCUT2D eigenvalue weighted by Crippen LogP contribution is 2.20. The first kappa shape index (κ1) is 31.1. The molecule has 1 aromatic rings. The molecule has 0 fully saturated rings. The fraction of sp³-hybridized carbons (Fsp3) is 0.630. The molecule has 0 aliphatic carbocycles. The standard InChI is InChI=1S/C27H43N3O6/c1-6-8-12-18(4)22(36-27(35)24(28)17(3)7-2)16-23(31)30-21(15-20-13-10-9-11-14-20)25(32)29-19(5)26(33)34/h9-11,13-14,17-19,21-22,24H,6-8,12,15-16,28H2,1-5H3,(H,29,32)(H,30,31)(H,33,34)/t17-,18+,19-,21-,22-,24+/m0/s1. The number of carboxylic acid groups (broad SMARTS) is 1. The Morgan fingerprint density at radius 3 is 2.19 bits per heavy atom. The molecule has 0 unspecified atom stereocenters. The molecule has 1 aromatic carbocycles. The first-order chi connectivity index (χ1) is 17.0. The van der Waals surface area contributed by atoms with Crippen molar-refractivity contribution in [3.63, 3.8) is 0 Å². The van der Waals surface area contributed by atoms with E-state index in [0.717, 1.165) is 31.2 Å². The van der Waals surface area contributed by atoms with Gasteiger partial charge in [-0.2, -0.15) is 0 Å². The molecule has 6 atom stereocenters. The number of unbranched alkanes of at least 4 members (excludes halogenated alkanes) is 1. The summed E-state index contributed by atoms with van der Waals surface area (Å²) in [6, 6.07) is 6.22. The Hall–Kier alpha value is -2.94. The van der Waals surface area contributed by atoms with Crippen LogP contribution in [0.5, 0.6) is 0 Å². The Labute approximate surface area is 214 Å². The van der Waals surface area contributed by atoms with Crippen LogP contribution in [0, 0.1) is 11.8 Å². The van der Waals surface area contributed by atoms with E-state index in [2.05, 4.69) is 17.6 Å². The van der Waals surface area contributed by atoms with Gasteiger partial charge in [0.15, 0.2) is 0 Å². The van der Waals surface area contributed by atoms with E-state index in [0.29, 0.717) is 0 Å². The van der Waals surface area contributed by atoms with Gasteiger partial charge in [-0.1, -0.05) is 77.3 Å². The van der Waals surface area contributed by atoms with Gasteiger partial charge < -0.3 is 26.2 Å². The number of carbonyl (C=O) groups is 4. The smallest absolute Gasteiger partial charge is 0.325 e. The molecule has 0 aliphatic rings. The van der Waals surface area contributed by atoms with Crippen molar-refractivity contribution in [2.45, 2.75) is 97.4 Å². The lowest BCUT2D eigenvalue weighted by Gasteiger charge is -2.27. The SMILES string of the molecule is CCCC[C@@H](C)[C@H](CC(=O)N[C@@H](Cc1ccccc1)C(=O)N[C@@H](C)C(=O)O)OC(=O)[C@H](N)[C@@H](C)CC. The summed E-state index contributed by atoms with van der Waals surface area (Å²) in [5, 5.41) is 14.3. The number of amides is 2. The zero-order valence-electron chi connectivity index (χ0n) is 22.2. The molecular formula is C27H43N3O6. The van der Waals surface area contributed by atoms with Gasteiger partial charge in [0.1, 0.15) is 24.2 Å². The quantitative estimate of drug-likeness (QED) is 0.253. The van der Waals surface area contributed by atoms with Crippen LogP contribution in [0.25, 0.3) is 0 Å². The van der Waals surface area contributed by atoms with E-state index >= 15 is 0 Å². The van der Waals surface area contributed by atoms with Crippen LogP contribution in [0.1, 0.15) is 72.3 Å². The molecule has 9 heteroatoms. The minimum Gasteiger partial charge on any atom is -0.480 e. The summed E-state index contributed by atoms with van der Waals surface area (Å²) < 4.78 is 5.72. The highest BCUT2D eigenvalue weighted by atomic mass is 16.5. The van der Waals surface area contributed by atoms with Gasteiger partial charge in [0, 0.05) is 6.42 Å². The van der Waals surface area contributed by atoms with E-state index in [-0.39, 0.29) is 24.7 Å². The number of nitrogens with one attached hydrogen (secondary N) is 2. The average Bonchev–Trinajstić information content (AvgIpc) is 2.85. The fourth-order valence-corrected chi connectivity index (χ4v) is 3.66. The normalized spacial score (nSPS) is 16.1. The summed E-state index contributed by atoms with van der Waals surface area (Å²) in [7, 11) is 0. The number of esters is 1. The fourth-order valence-electron chi connectivity index (χ4n) is 3.66. The summed E-state index contributed by atoms with van der Waals surface area (Å²) in [5.74, 6) is -2.94. The zero-order chi connectivity index (χ0) is 27.3. The number of carbonyl (C=O) groups excluding carboxylic acids is 3. The Bertz CT molecular complexity index is 847. The first-order valence-corrected chi connectivity index (χ1v) is 12.8. The maximum Gasteiger partial charge on any atom is 0.325 e. The van der Waals surface area contributed by atoms with Crippen molar-refractivity contribution in [1.29, 1.82) is 0 Å². The number of nitrogens with two attached hydrogens (primary N) is 1.